The fourth-order valence-corrected chi connectivity index (χ4v) is 1.16. The summed E-state index contributed by atoms with van der Waals surface area (Å²) in [5, 5.41) is 7.73. The number of alkyl halides is 2. The van der Waals surface area contributed by atoms with Gasteiger partial charge in [0.1, 0.15) is 5.75 Å². The van der Waals surface area contributed by atoms with Gasteiger partial charge in [-0.05, 0) is 24.3 Å². The molecule has 5 nitrogen and oxygen atoms in total. The summed E-state index contributed by atoms with van der Waals surface area (Å²) in [5.74, 6) is 0.367. The predicted octanol–water partition coefficient (Wildman–Crippen LogP) is 1.45. The highest BCUT2D eigenvalue weighted by molar-refractivity contribution is 5.36. The van der Waals surface area contributed by atoms with Gasteiger partial charge in [0.05, 0.1) is 11.9 Å². The highest BCUT2D eigenvalue weighted by Gasteiger charge is 2.05. The average molecular weight is 226 g/mol. The molecule has 1 aromatic carbocycles. The van der Waals surface area contributed by atoms with Crippen LogP contribution < -0.4 is 10.5 Å². The van der Waals surface area contributed by atoms with Gasteiger partial charge in [0, 0.05) is 0 Å². The van der Waals surface area contributed by atoms with E-state index in [1.807, 2.05) is 0 Å². The van der Waals surface area contributed by atoms with E-state index < -0.39 is 6.61 Å². The van der Waals surface area contributed by atoms with Crippen molar-refractivity contribution in [3.63, 3.8) is 0 Å². The number of ether oxygens (including phenoxy) is 1. The monoisotopic (exact) mass is 226 g/mol. The molecule has 0 amide bonds. The number of nitrogens with two attached hydrogens (primary N) is 1. The molecule has 0 atom stereocenters. The van der Waals surface area contributed by atoms with E-state index in [0.29, 0.717) is 5.69 Å². The van der Waals surface area contributed by atoms with Gasteiger partial charge in [0.2, 0.25) is 0 Å². The van der Waals surface area contributed by atoms with Gasteiger partial charge in [-0.1, -0.05) is 0 Å². The number of aromatic nitrogens is 3. The summed E-state index contributed by atoms with van der Waals surface area (Å²) in [7, 11) is 0. The summed E-state index contributed by atoms with van der Waals surface area (Å²) in [5.41, 5.74) is 6.00. The molecule has 0 unspecified atom stereocenters. The van der Waals surface area contributed by atoms with Crippen molar-refractivity contribution in [1.82, 2.24) is 15.0 Å². The second kappa shape index (κ2) is 4.13. The summed E-state index contributed by atoms with van der Waals surface area (Å²) in [6, 6.07) is 5.91. The predicted molar refractivity (Wildman–Crippen MR) is 52.4 cm³/mol. The fourth-order valence-electron chi connectivity index (χ4n) is 1.16. The Balaban J connectivity index is 2.19. The van der Waals surface area contributed by atoms with Crippen molar-refractivity contribution in [2.24, 2.45) is 0 Å². The Morgan fingerprint density at radius 3 is 2.44 bits per heavy atom. The van der Waals surface area contributed by atoms with Gasteiger partial charge in [-0.15, -0.1) is 9.90 Å². The molecule has 0 aliphatic rings. The number of nitrogen functional groups attached to an aromatic ring is 1. The van der Waals surface area contributed by atoms with Crippen molar-refractivity contribution in [1.29, 1.82) is 0 Å². The van der Waals surface area contributed by atoms with Crippen molar-refractivity contribution in [2.75, 3.05) is 5.73 Å². The lowest BCUT2D eigenvalue weighted by atomic mass is 10.3. The minimum absolute atomic E-state index is 0.0823. The molecule has 84 valence electrons. The molecule has 0 aliphatic heterocycles. The van der Waals surface area contributed by atoms with Gasteiger partial charge in [-0.25, -0.2) is 0 Å². The number of rotatable bonds is 3. The van der Waals surface area contributed by atoms with Crippen LogP contribution in [0.15, 0.2) is 30.5 Å². The van der Waals surface area contributed by atoms with Gasteiger partial charge >= 0.3 is 6.61 Å². The van der Waals surface area contributed by atoms with E-state index in [2.05, 4.69) is 14.9 Å². The van der Waals surface area contributed by atoms with Crippen LogP contribution in [0.5, 0.6) is 5.75 Å². The number of anilines is 1. The van der Waals surface area contributed by atoms with Crippen LogP contribution >= 0.6 is 0 Å². The maximum atomic E-state index is 11.9. The third kappa shape index (κ3) is 2.25. The third-order valence-corrected chi connectivity index (χ3v) is 1.80. The van der Waals surface area contributed by atoms with E-state index >= 15 is 0 Å². The van der Waals surface area contributed by atoms with E-state index in [0.717, 1.165) is 0 Å². The van der Waals surface area contributed by atoms with Crippen LogP contribution in [-0.4, -0.2) is 21.6 Å². The zero-order valence-electron chi connectivity index (χ0n) is 8.05. The van der Waals surface area contributed by atoms with Gasteiger partial charge in [-0.3, -0.25) is 0 Å². The van der Waals surface area contributed by atoms with Gasteiger partial charge in [-0.2, -0.15) is 13.9 Å². The summed E-state index contributed by atoms with van der Waals surface area (Å²) < 4.78 is 28.0. The lowest BCUT2D eigenvalue weighted by Crippen LogP contribution is -2.03. The van der Waals surface area contributed by atoms with Crippen LogP contribution in [0.25, 0.3) is 5.69 Å². The third-order valence-electron chi connectivity index (χ3n) is 1.80. The minimum Gasteiger partial charge on any atom is -0.435 e. The molecule has 0 spiro atoms. The minimum atomic E-state index is -2.83. The van der Waals surface area contributed by atoms with Crippen LogP contribution in [0.3, 0.4) is 0 Å². The lowest BCUT2D eigenvalue weighted by molar-refractivity contribution is -0.0498. The topological polar surface area (TPSA) is 66.0 Å². The lowest BCUT2D eigenvalue weighted by Gasteiger charge is -2.04. The van der Waals surface area contributed by atoms with Crippen LogP contribution in [-0.2, 0) is 0 Å². The number of nitrogens with zero attached hydrogens (tertiary/aromatic N) is 3. The van der Waals surface area contributed by atoms with Gasteiger partial charge in [0.25, 0.3) is 0 Å². The first kappa shape index (κ1) is 10.3. The van der Waals surface area contributed by atoms with E-state index in [4.69, 9.17) is 5.73 Å². The smallest absolute Gasteiger partial charge is 0.387 e. The molecule has 0 saturated heterocycles. The molecule has 2 aromatic rings. The van der Waals surface area contributed by atoms with Gasteiger partial charge < -0.3 is 10.5 Å². The molecular weight excluding hydrogens is 218 g/mol. The van der Waals surface area contributed by atoms with Crippen LogP contribution in [0.1, 0.15) is 0 Å². The quantitative estimate of drug-likeness (QED) is 0.860. The molecule has 0 saturated carbocycles. The first-order valence-electron chi connectivity index (χ1n) is 4.38. The van der Waals surface area contributed by atoms with Crippen molar-refractivity contribution in [3.05, 3.63) is 30.5 Å². The Morgan fingerprint density at radius 2 is 1.94 bits per heavy atom. The summed E-state index contributed by atoms with van der Waals surface area (Å²) in [6.07, 6.45) is 1.39. The van der Waals surface area contributed by atoms with E-state index in [9.17, 15) is 8.78 Å². The Morgan fingerprint density at radius 1 is 1.25 bits per heavy atom. The Labute approximate surface area is 89.4 Å². The molecule has 2 rings (SSSR count). The number of hydrogen-bond donors (Lipinski definition) is 1. The summed E-state index contributed by atoms with van der Waals surface area (Å²) in [4.78, 5) is 1.29. The Kier molecular flexibility index (Phi) is 2.67. The first-order chi connectivity index (χ1) is 7.65. The van der Waals surface area contributed by atoms with E-state index in [1.54, 1.807) is 12.1 Å². The van der Waals surface area contributed by atoms with Crippen molar-refractivity contribution >= 4 is 5.82 Å². The molecule has 0 radical (unpaired) electrons. The second-order valence-corrected chi connectivity index (χ2v) is 2.93. The standard InChI is InChI=1S/C9H8F2N4O/c10-9(11)16-7-3-1-6(2-4-7)15-13-5-8(12)14-15/h1-5,9H,(H2,12,14). The zero-order chi connectivity index (χ0) is 11.5. The number of benzene rings is 1. The maximum absolute atomic E-state index is 11.9. The second-order valence-electron chi connectivity index (χ2n) is 2.93. The highest BCUT2D eigenvalue weighted by atomic mass is 19.3. The Hall–Kier alpha value is -2.18. The maximum Gasteiger partial charge on any atom is 0.387 e. The molecule has 1 aromatic heterocycles. The van der Waals surface area contributed by atoms with Crippen LogP contribution in [0.2, 0.25) is 0 Å². The normalized spacial score (nSPS) is 10.7. The molecule has 1 heterocycles. The largest absolute Gasteiger partial charge is 0.435 e. The molecule has 0 fully saturated rings. The van der Waals surface area contributed by atoms with E-state index in [-0.39, 0.29) is 11.6 Å². The SMILES string of the molecule is Nc1cnn(-c2ccc(OC(F)F)cc2)n1. The zero-order valence-corrected chi connectivity index (χ0v) is 8.05. The van der Waals surface area contributed by atoms with Crippen molar-refractivity contribution in [2.45, 2.75) is 6.61 Å². The number of hydrogen-bond acceptors (Lipinski definition) is 4. The molecule has 0 aliphatic carbocycles. The molecule has 0 bridgehead atoms. The van der Waals surface area contributed by atoms with Crippen molar-refractivity contribution in [3.8, 4) is 11.4 Å². The summed E-state index contributed by atoms with van der Waals surface area (Å²) in [6.45, 7) is -2.83. The van der Waals surface area contributed by atoms with E-state index in [1.165, 1.54) is 23.1 Å². The van der Waals surface area contributed by atoms with Crippen LogP contribution in [0.4, 0.5) is 14.6 Å². The highest BCUT2D eigenvalue weighted by Crippen LogP contribution is 2.16. The molecule has 2 N–H and O–H groups in total. The summed E-state index contributed by atoms with van der Waals surface area (Å²) >= 11 is 0. The van der Waals surface area contributed by atoms with Gasteiger partial charge in [0.15, 0.2) is 5.82 Å². The fraction of sp³-hybridized carbons (Fsp3) is 0.111. The number of halogens is 2. The average Bonchev–Trinajstić information content (AvgIpc) is 2.65. The molecule has 16 heavy (non-hydrogen) atoms. The first-order valence-corrected chi connectivity index (χ1v) is 4.38. The Bertz CT molecular complexity index is 469. The van der Waals surface area contributed by atoms with Crippen LogP contribution in [0, 0.1) is 0 Å². The molecule has 7 heteroatoms. The molecular formula is C9H8F2N4O. The van der Waals surface area contributed by atoms with Crippen molar-refractivity contribution < 1.29 is 13.5 Å².